The van der Waals surface area contributed by atoms with Gasteiger partial charge in [0.15, 0.2) is 5.79 Å². The number of aldehydes is 1. The molecule has 0 N–H and O–H groups in total. The Bertz CT molecular complexity index is 173. The summed E-state index contributed by atoms with van der Waals surface area (Å²) in [6.07, 6.45) is 4.79. The van der Waals surface area contributed by atoms with Crippen molar-refractivity contribution in [1.29, 1.82) is 0 Å². The molecule has 68 valence electrons. The van der Waals surface area contributed by atoms with Crippen LogP contribution in [0.3, 0.4) is 0 Å². The van der Waals surface area contributed by atoms with Gasteiger partial charge in [0.2, 0.25) is 0 Å². The van der Waals surface area contributed by atoms with Crippen LogP contribution < -0.4 is 0 Å². The van der Waals surface area contributed by atoms with Gasteiger partial charge in [-0.15, -0.1) is 0 Å². The summed E-state index contributed by atoms with van der Waals surface area (Å²) in [6, 6.07) is 0. The average molecular weight is 170 g/mol. The van der Waals surface area contributed by atoms with Gasteiger partial charge in [0, 0.05) is 18.8 Å². The summed E-state index contributed by atoms with van der Waals surface area (Å²) in [5.41, 5.74) is 0. The van der Waals surface area contributed by atoms with Crippen LogP contribution in [0.5, 0.6) is 0 Å². The quantitative estimate of drug-likeness (QED) is 0.553. The number of carbonyl (C=O) groups is 1. The van der Waals surface area contributed by atoms with E-state index in [2.05, 4.69) is 0 Å². The number of rotatable bonds is 1. The molecule has 2 rings (SSSR count). The fourth-order valence-corrected chi connectivity index (χ4v) is 2.11. The van der Waals surface area contributed by atoms with Crippen molar-refractivity contribution < 1.29 is 14.3 Å². The molecule has 1 atom stereocenters. The van der Waals surface area contributed by atoms with Gasteiger partial charge in [0.05, 0.1) is 13.2 Å². The smallest absolute Gasteiger partial charge is 0.169 e. The van der Waals surface area contributed by atoms with Crippen molar-refractivity contribution in [1.82, 2.24) is 0 Å². The first-order valence-corrected chi connectivity index (χ1v) is 4.58. The average Bonchev–Trinajstić information content (AvgIpc) is 2.53. The molecule has 0 aromatic carbocycles. The van der Waals surface area contributed by atoms with E-state index >= 15 is 0 Å². The normalized spacial score (nSPS) is 33.8. The van der Waals surface area contributed by atoms with E-state index in [0.29, 0.717) is 13.2 Å². The highest BCUT2D eigenvalue weighted by Gasteiger charge is 2.41. The number of carbonyl (C=O) groups excluding carboxylic acids is 1. The molecule has 1 aliphatic heterocycles. The lowest BCUT2D eigenvalue weighted by atomic mass is 9.86. The third kappa shape index (κ3) is 1.39. The van der Waals surface area contributed by atoms with Crippen molar-refractivity contribution in [3.05, 3.63) is 0 Å². The summed E-state index contributed by atoms with van der Waals surface area (Å²) >= 11 is 0. The van der Waals surface area contributed by atoms with Crippen molar-refractivity contribution in [3.63, 3.8) is 0 Å². The molecule has 12 heavy (non-hydrogen) atoms. The Morgan fingerprint density at radius 1 is 1.33 bits per heavy atom. The molecule has 0 aromatic heterocycles. The first kappa shape index (κ1) is 8.20. The highest BCUT2D eigenvalue weighted by molar-refractivity contribution is 5.53. The zero-order valence-corrected chi connectivity index (χ0v) is 7.12. The predicted octanol–water partition coefficient (Wildman–Crippen LogP) is 1.12. The van der Waals surface area contributed by atoms with Gasteiger partial charge in [-0.3, -0.25) is 0 Å². The summed E-state index contributed by atoms with van der Waals surface area (Å²) in [4.78, 5) is 10.6. The number of hydrogen-bond acceptors (Lipinski definition) is 3. The molecular weight excluding hydrogens is 156 g/mol. The topological polar surface area (TPSA) is 35.5 Å². The fraction of sp³-hybridized carbons (Fsp3) is 0.889. The molecule has 1 heterocycles. The van der Waals surface area contributed by atoms with Crippen LogP contribution in [0, 0.1) is 5.92 Å². The van der Waals surface area contributed by atoms with Crippen LogP contribution in [0.25, 0.3) is 0 Å². The molecule has 1 saturated heterocycles. The van der Waals surface area contributed by atoms with Gasteiger partial charge in [0.25, 0.3) is 0 Å². The van der Waals surface area contributed by atoms with Crippen LogP contribution in [0.1, 0.15) is 25.7 Å². The van der Waals surface area contributed by atoms with Gasteiger partial charge in [0.1, 0.15) is 6.29 Å². The molecule has 0 aromatic rings. The number of hydrogen-bond donors (Lipinski definition) is 0. The zero-order chi connectivity index (χ0) is 8.44. The first-order valence-electron chi connectivity index (χ1n) is 4.58. The summed E-state index contributed by atoms with van der Waals surface area (Å²) in [5, 5.41) is 0. The standard InChI is InChI=1S/C9H14O3/c10-7-8-2-1-3-9(6-8)11-4-5-12-9/h7-8H,1-6H2. The lowest BCUT2D eigenvalue weighted by molar-refractivity contribution is -0.186. The van der Waals surface area contributed by atoms with Crippen molar-refractivity contribution in [2.24, 2.45) is 5.92 Å². The minimum atomic E-state index is -0.385. The maximum atomic E-state index is 10.6. The van der Waals surface area contributed by atoms with Crippen LogP contribution >= 0.6 is 0 Å². The molecule has 0 bridgehead atoms. The SMILES string of the molecule is O=CC1CCCC2(C1)OCCO2. The van der Waals surface area contributed by atoms with Crippen LogP contribution in [-0.2, 0) is 14.3 Å². The van der Waals surface area contributed by atoms with E-state index in [-0.39, 0.29) is 11.7 Å². The largest absolute Gasteiger partial charge is 0.348 e. The molecule has 1 saturated carbocycles. The van der Waals surface area contributed by atoms with Crippen molar-refractivity contribution in [2.45, 2.75) is 31.5 Å². The second kappa shape index (κ2) is 3.15. The molecule has 2 aliphatic rings. The van der Waals surface area contributed by atoms with Crippen molar-refractivity contribution in [3.8, 4) is 0 Å². The maximum absolute atomic E-state index is 10.6. The minimum Gasteiger partial charge on any atom is -0.348 e. The molecule has 0 radical (unpaired) electrons. The van der Waals surface area contributed by atoms with Crippen molar-refractivity contribution in [2.75, 3.05) is 13.2 Å². The van der Waals surface area contributed by atoms with Gasteiger partial charge in [-0.05, 0) is 12.8 Å². The highest BCUT2D eigenvalue weighted by atomic mass is 16.7. The lowest BCUT2D eigenvalue weighted by Gasteiger charge is -2.33. The maximum Gasteiger partial charge on any atom is 0.169 e. The predicted molar refractivity (Wildman–Crippen MR) is 42.7 cm³/mol. The summed E-state index contributed by atoms with van der Waals surface area (Å²) in [6.45, 7) is 1.37. The Morgan fingerprint density at radius 3 is 2.75 bits per heavy atom. The van der Waals surface area contributed by atoms with Crippen LogP contribution in [-0.4, -0.2) is 25.3 Å². The lowest BCUT2D eigenvalue weighted by Crippen LogP contribution is -2.36. The Balaban J connectivity index is 2.01. The summed E-state index contributed by atoms with van der Waals surface area (Å²) < 4.78 is 11.1. The van der Waals surface area contributed by atoms with Gasteiger partial charge >= 0.3 is 0 Å². The fourth-order valence-electron chi connectivity index (χ4n) is 2.11. The van der Waals surface area contributed by atoms with Gasteiger partial charge in [-0.2, -0.15) is 0 Å². The molecule has 1 spiro atoms. The van der Waals surface area contributed by atoms with E-state index in [1.165, 1.54) is 0 Å². The van der Waals surface area contributed by atoms with Crippen LogP contribution in [0.15, 0.2) is 0 Å². The number of ether oxygens (including phenoxy) is 2. The van der Waals surface area contributed by atoms with Crippen LogP contribution in [0.2, 0.25) is 0 Å². The summed E-state index contributed by atoms with van der Waals surface area (Å²) in [7, 11) is 0. The van der Waals surface area contributed by atoms with E-state index in [4.69, 9.17) is 9.47 Å². The Morgan fingerprint density at radius 2 is 2.08 bits per heavy atom. The van der Waals surface area contributed by atoms with E-state index < -0.39 is 0 Å². The zero-order valence-electron chi connectivity index (χ0n) is 7.12. The molecule has 3 nitrogen and oxygen atoms in total. The van der Waals surface area contributed by atoms with E-state index in [9.17, 15) is 4.79 Å². The minimum absolute atomic E-state index is 0.150. The highest BCUT2D eigenvalue weighted by Crippen LogP contribution is 2.37. The Labute approximate surface area is 72.0 Å². The summed E-state index contributed by atoms with van der Waals surface area (Å²) in [5.74, 6) is -0.235. The van der Waals surface area contributed by atoms with E-state index in [0.717, 1.165) is 32.0 Å². The molecular formula is C9H14O3. The molecule has 2 fully saturated rings. The Hall–Kier alpha value is -0.410. The molecule has 0 amide bonds. The third-order valence-corrected chi connectivity index (χ3v) is 2.71. The van der Waals surface area contributed by atoms with Gasteiger partial charge < -0.3 is 14.3 Å². The van der Waals surface area contributed by atoms with Gasteiger partial charge in [-0.1, -0.05) is 0 Å². The second-order valence-electron chi connectivity index (χ2n) is 3.60. The Kier molecular flexibility index (Phi) is 2.15. The van der Waals surface area contributed by atoms with Crippen LogP contribution in [0.4, 0.5) is 0 Å². The second-order valence-corrected chi connectivity index (χ2v) is 3.60. The van der Waals surface area contributed by atoms with E-state index in [1.54, 1.807) is 0 Å². The molecule has 1 aliphatic carbocycles. The molecule has 3 heteroatoms. The van der Waals surface area contributed by atoms with Gasteiger partial charge in [-0.25, -0.2) is 0 Å². The third-order valence-electron chi connectivity index (χ3n) is 2.71. The van der Waals surface area contributed by atoms with E-state index in [1.807, 2.05) is 0 Å². The first-order chi connectivity index (χ1) is 5.85. The van der Waals surface area contributed by atoms with Crippen molar-refractivity contribution >= 4 is 6.29 Å². The molecule has 1 unspecified atom stereocenters. The monoisotopic (exact) mass is 170 g/mol.